The Morgan fingerprint density at radius 3 is 2.37 bits per heavy atom. The summed E-state index contributed by atoms with van der Waals surface area (Å²) < 4.78 is 4.58. The number of nitrogens with zero attached hydrogens (tertiary/aromatic N) is 6. The van der Waals surface area contributed by atoms with Crippen molar-refractivity contribution in [3.05, 3.63) is 91.1 Å². The Morgan fingerprint density at radius 1 is 0.914 bits per heavy atom. The molecule has 35 heavy (non-hydrogen) atoms. The maximum absolute atomic E-state index is 13.2. The Bertz CT molecular complexity index is 1510. The number of hydrogen-bond donors (Lipinski definition) is 0. The molecule has 0 unspecified atom stereocenters. The number of imidazole rings is 1. The Morgan fingerprint density at radius 2 is 1.66 bits per heavy atom. The molecule has 4 aromatic rings. The Labute approximate surface area is 208 Å². The van der Waals surface area contributed by atoms with Crippen LogP contribution >= 0.6 is 11.6 Å². The normalized spacial score (nSPS) is 14.7. The van der Waals surface area contributed by atoms with Crippen molar-refractivity contribution in [3.8, 4) is 0 Å². The van der Waals surface area contributed by atoms with Gasteiger partial charge in [-0.25, -0.2) is 4.79 Å². The smallest absolute Gasteiger partial charge is 0.332 e. The first-order chi connectivity index (χ1) is 16.8. The van der Waals surface area contributed by atoms with Crippen LogP contribution < -0.4 is 16.1 Å². The fourth-order valence-electron chi connectivity index (χ4n) is 4.79. The quantitative estimate of drug-likeness (QED) is 0.428. The minimum Gasteiger partial charge on any atom is -0.340 e. The average molecular weight is 493 g/mol. The first kappa shape index (κ1) is 23.4. The summed E-state index contributed by atoms with van der Waals surface area (Å²) in [4.78, 5) is 35.2. The highest BCUT2D eigenvalue weighted by atomic mass is 35.5. The van der Waals surface area contributed by atoms with Crippen molar-refractivity contribution in [1.29, 1.82) is 0 Å². The lowest BCUT2D eigenvalue weighted by Crippen LogP contribution is -2.47. The third kappa shape index (κ3) is 4.39. The lowest BCUT2D eigenvalue weighted by atomic mass is 10.1. The molecule has 1 saturated heterocycles. The maximum Gasteiger partial charge on any atom is 0.332 e. The first-order valence-electron chi connectivity index (χ1n) is 11.8. The van der Waals surface area contributed by atoms with Crippen LogP contribution in [0.4, 0.5) is 5.95 Å². The third-order valence-electron chi connectivity index (χ3n) is 6.76. The van der Waals surface area contributed by atoms with Crippen molar-refractivity contribution in [1.82, 2.24) is 23.6 Å². The highest BCUT2D eigenvalue weighted by Crippen LogP contribution is 2.24. The highest BCUT2D eigenvalue weighted by molar-refractivity contribution is 6.31. The first-order valence-corrected chi connectivity index (χ1v) is 12.1. The summed E-state index contributed by atoms with van der Waals surface area (Å²) in [7, 11) is 3.18. The maximum atomic E-state index is 13.2. The van der Waals surface area contributed by atoms with Gasteiger partial charge in [-0.2, -0.15) is 4.98 Å². The van der Waals surface area contributed by atoms with E-state index in [9.17, 15) is 9.59 Å². The molecule has 0 spiro atoms. The van der Waals surface area contributed by atoms with Crippen LogP contribution in [-0.4, -0.2) is 49.8 Å². The van der Waals surface area contributed by atoms with Gasteiger partial charge < -0.3 is 4.90 Å². The van der Waals surface area contributed by atoms with Crippen molar-refractivity contribution >= 4 is 28.7 Å². The second-order valence-corrected chi connectivity index (χ2v) is 9.63. The van der Waals surface area contributed by atoms with E-state index in [-0.39, 0.29) is 11.2 Å². The molecule has 8 nitrogen and oxygen atoms in total. The molecule has 0 aliphatic carbocycles. The van der Waals surface area contributed by atoms with Gasteiger partial charge in [0.1, 0.15) is 0 Å². The van der Waals surface area contributed by atoms with Crippen LogP contribution in [0, 0.1) is 6.92 Å². The van der Waals surface area contributed by atoms with Gasteiger partial charge in [0.25, 0.3) is 5.56 Å². The number of piperazine rings is 1. The SMILES string of the molecule is Cc1cccc(Cn2c(N3CCN(Cc4ccccc4Cl)CC3)nc3c2c(=O)n(C)c(=O)n3C)c1. The number of hydrogen-bond acceptors (Lipinski definition) is 5. The summed E-state index contributed by atoms with van der Waals surface area (Å²) in [5.41, 5.74) is 3.52. The van der Waals surface area contributed by atoms with Crippen molar-refractivity contribution < 1.29 is 0 Å². The lowest BCUT2D eigenvalue weighted by Gasteiger charge is -2.35. The van der Waals surface area contributed by atoms with E-state index in [1.54, 1.807) is 7.05 Å². The van der Waals surface area contributed by atoms with E-state index in [1.807, 2.05) is 28.8 Å². The van der Waals surface area contributed by atoms with Crippen LogP contribution in [0.3, 0.4) is 0 Å². The molecule has 2 aromatic heterocycles. The summed E-state index contributed by atoms with van der Waals surface area (Å²) in [5.74, 6) is 0.720. The third-order valence-corrected chi connectivity index (χ3v) is 7.13. The van der Waals surface area contributed by atoms with Crippen LogP contribution in [0.25, 0.3) is 11.2 Å². The molecule has 1 fully saturated rings. The van der Waals surface area contributed by atoms with Gasteiger partial charge in [0, 0.05) is 51.8 Å². The molecule has 0 N–H and O–H groups in total. The number of anilines is 1. The van der Waals surface area contributed by atoms with E-state index < -0.39 is 0 Å². The number of aromatic nitrogens is 4. The fraction of sp³-hybridized carbons (Fsp3) is 0.346. The predicted molar refractivity (Wildman–Crippen MR) is 139 cm³/mol. The molecule has 0 atom stereocenters. The minimum absolute atomic E-state index is 0.327. The molecular formula is C26H29ClN6O2. The van der Waals surface area contributed by atoms with Gasteiger partial charge in [-0.1, -0.05) is 59.6 Å². The van der Waals surface area contributed by atoms with Crippen LogP contribution in [0.15, 0.2) is 58.1 Å². The zero-order valence-corrected chi connectivity index (χ0v) is 21.0. The molecule has 182 valence electrons. The van der Waals surface area contributed by atoms with E-state index in [0.717, 1.165) is 65.0 Å². The van der Waals surface area contributed by atoms with Gasteiger partial charge in [0.2, 0.25) is 5.95 Å². The van der Waals surface area contributed by atoms with Crippen molar-refractivity contribution in [2.75, 3.05) is 31.1 Å². The molecule has 0 saturated carbocycles. The van der Waals surface area contributed by atoms with Gasteiger partial charge in [0.05, 0.1) is 6.54 Å². The summed E-state index contributed by atoms with van der Waals surface area (Å²) in [6.45, 7) is 6.55. The number of benzene rings is 2. The monoisotopic (exact) mass is 492 g/mol. The molecule has 2 aromatic carbocycles. The number of aryl methyl sites for hydroxylation is 2. The summed E-state index contributed by atoms with van der Waals surface area (Å²) in [5, 5.41) is 0.784. The van der Waals surface area contributed by atoms with Crippen LogP contribution in [-0.2, 0) is 27.2 Å². The topological polar surface area (TPSA) is 68.3 Å². The molecule has 9 heteroatoms. The van der Waals surface area contributed by atoms with Crippen LogP contribution in [0.2, 0.25) is 5.02 Å². The minimum atomic E-state index is -0.376. The molecule has 1 aliphatic rings. The molecule has 0 radical (unpaired) electrons. The summed E-state index contributed by atoms with van der Waals surface area (Å²) >= 11 is 6.37. The Kier molecular flexibility index (Phi) is 6.25. The Balaban J connectivity index is 1.50. The van der Waals surface area contributed by atoms with E-state index >= 15 is 0 Å². The van der Waals surface area contributed by atoms with Crippen LogP contribution in [0.1, 0.15) is 16.7 Å². The van der Waals surface area contributed by atoms with Gasteiger partial charge in [-0.05, 0) is 24.1 Å². The number of halogens is 1. The van der Waals surface area contributed by atoms with Gasteiger partial charge >= 0.3 is 5.69 Å². The van der Waals surface area contributed by atoms with Crippen LogP contribution in [0.5, 0.6) is 0 Å². The summed E-state index contributed by atoms with van der Waals surface area (Å²) in [6.07, 6.45) is 0. The lowest BCUT2D eigenvalue weighted by molar-refractivity contribution is 0.248. The second kappa shape index (κ2) is 9.36. The Hall–Kier alpha value is -3.36. The van der Waals surface area contributed by atoms with Crippen molar-refractivity contribution in [2.24, 2.45) is 14.1 Å². The molecular weight excluding hydrogens is 464 g/mol. The van der Waals surface area contributed by atoms with E-state index in [2.05, 4.69) is 41.0 Å². The second-order valence-electron chi connectivity index (χ2n) is 9.22. The predicted octanol–water partition coefficient (Wildman–Crippen LogP) is 2.77. The number of rotatable bonds is 5. The van der Waals surface area contributed by atoms with Gasteiger partial charge in [0.15, 0.2) is 11.2 Å². The highest BCUT2D eigenvalue weighted by Gasteiger charge is 2.26. The van der Waals surface area contributed by atoms with Crippen molar-refractivity contribution in [2.45, 2.75) is 20.0 Å². The zero-order chi connectivity index (χ0) is 24.7. The molecule has 1 aliphatic heterocycles. The van der Waals surface area contributed by atoms with E-state index in [0.29, 0.717) is 17.7 Å². The molecule has 3 heterocycles. The fourth-order valence-corrected chi connectivity index (χ4v) is 4.99. The molecule has 0 bridgehead atoms. The van der Waals surface area contributed by atoms with Gasteiger partial charge in [-0.15, -0.1) is 0 Å². The van der Waals surface area contributed by atoms with E-state index in [4.69, 9.17) is 16.6 Å². The van der Waals surface area contributed by atoms with Gasteiger partial charge in [-0.3, -0.25) is 23.4 Å². The largest absolute Gasteiger partial charge is 0.340 e. The molecule has 5 rings (SSSR count). The van der Waals surface area contributed by atoms with Crippen molar-refractivity contribution in [3.63, 3.8) is 0 Å². The van der Waals surface area contributed by atoms with E-state index in [1.165, 1.54) is 11.6 Å². The number of fused-ring (bicyclic) bond motifs is 1. The zero-order valence-electron chi connectivity index (χ0n) is 20.2. The summed E-state index contributed by atoms with van der Waals surface area (Å²) in [6, 6.07) is 16.2. The average Bonchev–Trinajstić information content (AvgIpc) is 3.22. The standard InChI is InChI=1S/C26H29ClN6O2/c1-18-7-6-8-19(15-18)16-33-22-23(29(2)26(35)30(3)24(22)34)28-25(33)32-13-11-31(12-14-32)17-20-9-4-5-10-21(20)27/h4-10,15H,11-14,16-17H2,1-3H3. The molecule has 0 amide bonds.